The van der Waals surface area contributed by atoms with Gasteiger partial charge in [0.25, 0.3) is 0 Å². The number of hydrogen-bond donors (Lipinski definition) is 1. The van der Waals surface area contributed by atoms with E-state index in [0.717, 1.165) is 19.1 Å². The van der Waals surface area contributed by atoms with E-state index in [9.17, 15) is 4.79 Å². The number of carbonyl (C=O) groups excluding carboxylic acids is 1. The number of aldehydes is 1. The highest BCUT2D eigenvalue weighted by Crippen LogP contribution is 2.51. The number of rotatable bonds is 3. The zero-order chi connectivity index (χ0) is 9.31. The van der Waals surface area contributed by atoms with Gasteiger partial charge in [-0.25, -0.2) is 0 Å². The van der Waals surface area contributed by atoms with Crippen LogP contribution in [0, 0.1) is 5.41 Å². The number of thioether (sulfide) groups is 1. The molecule has 2 aliphatic rings. The monoisotopic (exact) mass is 200 g/mol. The SMILES string of the molecule is O=CC1(CCO)CC2CCC(C1)S2. The summed E-state index contributed by atoms with van der Waals surface area (Å²) in [4.78, 5) is 11.1. The van der Waals surface area contributed by atoms with Gasteiger partial charge in [0.15, 0.2) is 0 Å². The normalized spacial score (nSPS) is 43.5. The molecule has 2 bridgehead atoms. The third-order valence-electron chi connectivity index (χ3n) is 3.32. The maximum absolute atomic E-state index is 11.1. The van der Waals surface area contributed by atoms with Crippen molar-refractivity contribution in [2.75, 3.05) is 6.61 Å². The zero-order valence-corrected chi connectivity index (χ0v) is 8.55. The lowest BCUT2D eigenvalue weighted by Gasteiger charge is -2.35. The van der Waals surface area contributed by atoms with Crippen LogP contribution in [0.15, 0.2) is 0 Å². The van der Waals surface area contributed by atoms with Crippen LogP contribution in [-0.4, -0.2) is 28.5 Å². The summed E-state index contributed by atoms with van der Waals surface area (Å²) in [5.74, 6) is 0. The summed E-state index contributed by atoms with van der Waals surface area (Å²) in [6, 6.07) is 0. The molecule has 0 amide bonds. The van der Waals surface area contributed by atoms with Crippen molar-refractivity contribution in [3.8, 4) is 0 Å². The lowest BCUT2D eigenvalue weighted by atomic mass is 9.78. The zero-order valence-electron chi connectivity index (χ0n) is 7.74. The second kappa shape index (κ2) is 3.62. The molecule has 0 aromatic carbocycles. The molecule has 0 radical (unpaired) electrons. The predicted molar refractivity (Wildman–Crippen MR) is 53.8 cm³/mol. The molecule has 2 unspecified atom stereocenters. The third-order valence-corrected chi connectivity index (χ3v) is 4.90. The number of carbonyl (C=O) groups is 1. The fourth-order valence-electron chi connectivity index (χ4n) is 2.65. The van der Waals surface area contributed by atoms with Crippen molar-refractivity contribution in [1.29, 1.82) is 0 Å². The van der Waals surface area contributed by atoms with Gasteiger partial charge in [0.1, 0.15) is 6.29 Å². The van der Waals surface area contributed by atoms with Crippen molar-refractivity contribution in [1.82, 2.24) is 0 Å². The Kier molecular flexibility index (Phi) is 2.65. The van der Waals surface area contributed by atoms with Gasteiger partial charge in [-0.15, -0.1) is 0 Å². The lowest BCUT2D eigenvalue weighted by Crippen LogP contribution is -2.33. The van der Waals surface area contributed by atoms with Crippen molar-refractivity contribution in [2.24, 2.45) is 5.41 Å². The summed E-state index contributed by atoms with van der Waals surface area (Å²) >= 11 is 2.06. The Balaban J connectivity index is 2.08. The van der Waals surface area contributed by atoms with E-state index in [0.29, 0.717) is 16.9 Å². The van der Waals surface area contributed by atoms with Crippen molar-refractivity contribution in [3.63, 3.8) is 0 Å². The summed E-state index contributed by atoms with van der Waals surface area (Å²) < 4.78 is 0. The molecule has 0 aromatic heterocycles. The maximum atomic E-state index is 11.1. The fourth-order valence-corrected chi connectivity index (χ4v) is 4.60. The van der Waals surface area contributed by atoms with Crippen LogP contribution in [0.2, 0.25) is 0 Å². The first-order valence-electron chi connectivity index (χ1n) is 5.01. The van der Waals surface area contributed by atoms with Gasteiger partial charge in [-0.2, -0.15) is 11.8 Å². The van der Waals surface area contributed by atoms with E-state index in [-0.39, 0.29) is 12.0 Å². The predicted octanol–water partition coefficient (Wildman–Crippen LogP) is 1.61. The molecule has 0 saturated carbocycles. The average molecular weight is 200 g/mol. The second-order valence-electron chi connectivity index (χ2n) is 4.32. The summed E-state index contributed by atoms with van der Waals surface area (Å²) in [7, 11) is 0. The average Bonchev–Trinajstić information content (AvgIpc) is 2.47. The molecule has 0 spiro atoms. The molecule has 2 rings (SSSR count). The molecule has 1 N–H and O–H groups in total. The molecule has 2 atom stereocenters. The van der Waals surface area contributed by atoms with Gasteiger partial charge in [-0.1, -0.05) is 0 Å². The standard InChI is InChI=1S/C10H16O2S/c11-4-3-10(7-12)5-8-1-2-9(6-10)13-8/h7-9,11H,1-6H2. The molecule has 2 aliphatic heterocycles. The molecule has 2 nitrogen and oxygen atoms in total. The van der Waals surface area contributed by atoms with E-state index in [1.807, 2.05) is 0 Å². The lowest BCUT2D eigenvalue weighted by molar-refractivity contribution is -0.117. The Labute approximate surface area is 83.1 Å². The van der Waals surface area contributed by atoms with E-state index >= 15 is 0 Å². The number of aliphatic hydroxyl groups is 1. The van der Waals surface area contributed by atoms with Gasteiger partial charge in [-0.3, -0.25) is 0 Å². The highest BCUT2D eigenvalue weighted by atomic mass is 32.2. The van der Waals surface area contributed by atoms with Crippen LogP contribution >= 0.6 is 11.8 Å². The van der Waals surface area contributed by atoms with E-state index in [1.54, 1.807) is 0 Å². The van der Waals surface area contributed by atoms with Crippen molar-refractivity contribution < 1.29 is 9.90 Å². The first kappa shape index (κ1) is 9.53. The molecule has 0 aliphatic carbocycles. The Morgan fingerprint density at radius 1 is 1.38 bits per heavy atom. The Hall–Kier alpha value is -0.0200. The molecule has 2 fully saturated rings. The maximum Gasteiger partial charge on any atom is 0.126 e. The van der Waals surface area contributed by atoms with E-state index < -0.39 is 0 Å². The molecule has 74 valence electrons. The molecule has 2 saturated heterocycles. The topological polar surface area (TPSA) is 37.3 Å². The van der Waals surface area contributed by atoms with Crippen molar-refractivity contribution >= 4 is 18.0 Å². The van der Waals surface area contributed by atoms with Crippen molar-refractivity contribution in [3.05, 3.63) is 0 Å². The first-order valence-corrected chi connectivity index (χ1v) is 5.95. The minimum absolute atomic E-state index is 0.156. The van der Waals surface area contributed by atoms with E-state index in [2.05, 4.69) is 11.8 Å². The smallest absolute Gasteiger partial charge is 0.126 e. The van der Waals surface area contributed by atoms with Crippen molar-refractivity contribution in [2.45, 2.75) is 42.6 Å². The summed E-state index contributed by atoms with van der Waals surface area (Å²) in [5.41, 5.74) is -0.175. The van der Waals surface area contributed by atoms with Crippen LogP contribution < -0.4 is 0 Å². The van der Waals surface area contributed by atoms with Gasteiger partial charge >= 0.3 is 0 Å². The molecule has 0 aromatic rings. The minimum atomic E-state index is -0.175. The fraction of sp³-hybridized carbons (Fsp3) is 0.900. The summed E-state index contributed by atoms with van der Waals surface area (Å²) in [5, 5.41) is 10.3. The number of aliphatic hydroxyl groups excluding tert-OH is 1. The van der Waals surface area contributed by atoms with Gasteiger partial charge in [0, 0.05) is 22.5 Å². The Morgan fingerprint density at radius 3 is 2.46 bits per heavy atom. The van der Waals surface area contributed by atoms with Gasteiger partial charge in [0.2, 0.25) is 0 Å². The van der Waals surface area contributed by atoms with Crippen LogP contribution in [0.4, 0.5) is 0 Å². The quantitative estimate of drug-likeness (QED) is 0.703. The molecule has 2 heterocycles. The molecular weight excluding hydrogens is 184 g/mol. The van der Waals surface area contributed by atoms with E-state index in [4.69, 9.17) is 5.11 Å². The number of fused-ring (bicyclic) bond motifs is 2. The van der Waals surface area contributed by atoms with Crippen LogP contribution in [-0.2, 0) is 4.79 Å². The van der Waals surface area contributed by atoms with Crippen LogP contribution in [0.5, 0.6) is 0 Å². The minimum Gasteiger partial charge on any atom is -0.396 e. The first-order chi connectivity index (χ1) is 6.28. The van der Waals surface area contributed by atoms with Crippen LogP contribution in [0.25, 0.3) is 0 Å². The van der Waals surface area contributed by atoms with Gasteiger partial charge < -0.3 is 9.90 Å². The highest BCUT2D eigenvalue weighted by Gasteiger charge is 2.43. The Morgan fingerprint density at radius 2 is 2.00 bits per heavy atom. The van der Waals surface area contributed by atoms with Crippen LogP contribution in [0.1, 0.15) is 32.1 Å². The molecular formula is C10H16O2S. The van der Waals surface area contributed by atoms with Gasteiger partial charge in [0.05, 0.1) is 0 Å². The largest absolute Gasteiger partial charge is 0.396 e. The van der Waals surface area contributed by atoms with Gasteiger partial charge in [-0.05, 0) is 32.1 Å². The summed E-state index contributed by atoms with van der Waals surface area (Å²) in [6.45, 7) is 0.156. The second-order valence-corrected chi connectivity index (χ2v) is 5.93. The number of hydrogen-bond acceptors (Lipinski definition) is 3. The molecule has 13 heavy (non-hydrogen) atoms. The summed E-state index contributed by atoms with van der Waals surface area (Å²) in [6.07, 6.45) is 6.32. The Bertz CT molecular complexity index is 193. The van der Waals surface area contributed by atoms with E-state index in [1.165, 1.54) is 12.8 Å². The third kappa shape index (κ3) is 1.77. The molecule has 3 heteroatoms. The highest BCUT2D eigenvalue weighted by molar-refractivity contribution is 8.00. The van der Waals surface area contributed by atoms with Crippen LogP contribution in [0.3, 0.4) is 0 Å².